The van der Waals surface area contributed by atoms with Crippen LogP contribution in [0.25, 0.3) is 0 Å². The van der Waals surface area contributed by atoms with Crippen molar-refractivity contribution in [1.82, 2.24) is 0 Å². The fourth-order valence-electron chi connectivity index (χ4n) is 2.24. The topological polar surface area (TPSA) is 64.3 Å². The van der Waals surface area contributed by atoms with Crippen LogP contribution in [0.1, 0.15) is 30.1 Å². The summed E-state index contributed by atoms with van der Waals surface area (Å²) < 4.78 is 4.75. The molecule has 0 amide bonds. The van der Waals surface area contributed by atoms with Crippen LogP contribution in [0.15, 0.2) is 18.2 Å². The number of nitrogen functional groups attached to an aromatic ring is 1. The van der Waals surface area contributed by atoms with E-state index in [-0.39, 0.29) is 5.97 Å². The zero-order chi connectivity index (χ0) is 12.4. The third-order valence-corrected chi connectivity index (χ3v) is 3.22. The summed E-state index contributed by atoms with van der Waals surface area (Å²) in [6.07, 6.45) is 2.24. The molecule has 1 fully saturated rings. The summed E-state index contributed by atoms with van der Waals surface area (Å²) in [6.45, 7) is 2.22. The smallest absolute Gasteiger partial charge is 0.340 e. The van der Waals surface area contributed by atoms with Gasteiger partial charge in [0.05, 0.1) is 24.0 Å². The minimum absolute atomic E-state index is 0.354. The fraction of sp³-hybridized carbons (Fsp3) is 0.462. The Bertz CT molecular complexity index is 425. The molecule has 4 heteroatoms. The first-order chi connectivity index (χ1) is 8.11. The molecule has 0 atom stereocenters. The number of ether oxygens (including phenoxy) is 1. The van der Waals surface area contributed by atoms with Crippen LogP contribution in [0.3, 0.4) is 0 Å². The third-order valence-electron chi connectivity index (χ3n) is 3.22. The van der Waals surface area contributed by atoms with E-state index >= 15 is 0 Å². The van der Waals surface area contributed by atoms with E-state index in [0.29, 0.717) is 23.0 Å². The Labute approximate surface area is 101 Å². The average Bonchev–Trinajstić information content (AvgIpc) is 2.28. The molecule has 0 bridgehead atoms. The molecule has 92 valence electrons. The van der Waals surface area contributed by atoms with Crippen LogP contribution < -0.4 is 11.1 Å². The van der Waals surface area contributed by atoms with Gasteiger partial charge in [-0.1, -0.05) is 13.0 Å². The standard InChI is InChI=1S/C13H18N2O2/c1-8-6-9(7-8)15-12-10(13(16)17-2)4-3-5-11(12)14/h3-5,8-9,15H,6-7,14H2,1-2H3. The van der Waals surface area contributed by atoms with Crippen LogP contribution in [0, 0.1) is 5.92 Å². The number of anilines is 2. The lowest BCUT2D eigenvalue weighted by Crippen LogP contribution is -2.34. The molecule has 2 rings (SSSR count). The molecule has 1 aromatic carbocycles. The maximum Gasteiger partial charge on any atom is 0.340 e. The highest BCUT2D eigenvalue weighted by atomic mass is 16.5. The van der Waals surface area contributed by atoms with Gasteiger partial charge in [0.1, 0.15) is 0 Å². The Morgan fingerprint density at radius 3 is 2.76 bits per heavy atom. The van der Waals surface area contributed by atoms with Crippen LogP contribution in [-0.2, 0) is 4.74 Å². The van der Waals surface area contributed by atoms with Crippen molar-refractivity contribution in [1.29, 1.82) is 0 Å². The normalized spacial score (nSPS) is 22.7. The monoisotopic (exact) mass is 234 g/mol. The average molecular weight is 234 g/mol. The Balaban J connectivity index is 2.21. The Hall–Kier alpha value is -1.71. The molecule has 1 aromatic rings. The summed E-state index contributed by atoms with van der Waals surface area (Å²) in [6, 6.07) is 5.69. The lowest BCUT2D eigenvalue weighted by atomic mass is 9.81. The highest BCUT2D eigenvalue weighted by molar-refractivity contribution is 5.98. The van der Waals surface area contributed by atoms with Gasteiger partial charge >= 0.3 is 5.97 Å². The maximum atomic E-state index is 11.6. The van der Waals surface area contributed by atoms with Crippen molar-refractivity contribution in [2.75, 3.05) is 18.2 Å². The van der Waals surface area contributed by atoms with Crippen molar-refractivity contribution in [3.63, 3.8) is 0 Å². The molecular formula is C13H18N2O2. The second kappa shape index (κ2) is 4.65. The minimum atomic E-state index is -0.354. The van der Waals surface area contributed by atoms with Crippen LogP contribution >= 0.6 is 0 Å². The lowest BCUT2D eigenvalue weighted by molar-refractivity contribution is 0.0601. The van der Waals surface area contributed by atoms with E-state index in [1.807, 2.05) is 0 Å². The molecule has 0 heterocycles. The number of rotatable bonds is 3. The first kappa shape index (κ1) is 11.8. The summed E-state index contributed by atoms with van der Waals surface area (Å²) in [5.41, 5.74) is 7.71. The number of hydrogen-bond donors (Lipinski definition) is 2. The van der Waals surface area contributed by atoms with Crippen LogP contribution in [0.2, 0.25) is 0 Å². The molecule has 1 saturated carbocycles. The highest BCUT2D eigenvalue weighted by Crippen LogP contribution is 2.33. The Kier molecular flexibility index (Phi) is 3.22. The number of hydrogen-bond acceptors (Lipinski definition) is 4. The fourth-order valence-corrected chi connectivity index (χ4v) is 2.24. The second-order valence-corrected chi connectivity index (χ2v) is 4.68. The molecule has 0 spiro atoms. The molecule has 3 N–H and O–H groups in total. The van der Waals surface area contributed by atoms with Crippen molar-refractivity contribution >= 4 is 17.3 Å². The summed E-state index contributed by atoms with van der Waals surface area (Å²) in [5, 5.41) is 3.34. The van der Waals surface area contributed by atoms with Crippen molar-refractivity contribution in [2.24, 2.45) is 5.92 Å². The molecule has 4 nitrogen and oxygen atoms in total. The minimum Gasteiger partial charge on any atom is -0.465 e. The van der Waals surface area contributed by atoms with E-state index in [2.05, 4.69) is 12.2 Å². The number of carbonyl (C=O) groups excluding carboxylic acids is 1. The molecule has 0 radical (unpaired) electrons. The summed E-state index contributed by atoms with van der Waals surface area (Å²) in [7, 11) is 1.38. The zero-order valence-corrected chi connectivity index (χ0v) is 10.2. The number of esters is 1. The molecular weight excluding hydrogens is 216 g/mol. The molecule has 1 aliphatic carbocycles. The van der Waals surface area contributed by atoms with E-state index in [9.17, 15) is 4.79 Å². The molecule has 0 saturated heterocycles. The van der Waals surface area contributed by atoms with Crippen molar-refractivity contribution in [3.8, 4) is 0 Å². The van der Waals surface area contributed by atoms with Gasteiger partial charge in [-0.2, -0.15) is 0 Å². The zero-order valence-electron chi connectivity index (χ0n) is 10.2. The van der Waals surface area contributed by atoms with Crippen molar-refractivity contribution in [3.05, 3.63) is 23.8 Å². The van der Waals surface area contributed by atoms with Gasteiger partial charge in [-0.05, 0) is 30.9 Å². The first-order valence-corrected chi connectivity index (χ1v) is 5.85. The maximum absolute atomic E-state index is 11.6. The second-order valence-electron chi connectivity index (χ2n) is 4.68. The quantitative estimate of drug-likeness (QED) is 0.622. The van der Waals surface area contributed by atoms with E-state index in [4.69, 9.17) is 10.5 Å². The number of nitrogens with one attached hydrogen (secondary N) is 1. The molecule has 17 heavy (non-hydrogen) atoms. The number of para-hydroxylation sites is 1. The van der Waals surface area contributed by atoms with Crippen LogP contribution in [-0.4, -0.2) is 19.1 Å². The highest BCUT2D eigenvalue weighted by Gasteiger charge is 2.27. The van der Waals surface area contributed by atoms with E-state index in [0.717, 1.165) is 18.8 Å². The SMILES string of the molecule is COC(=O)c1cccc(N)c1NC1CC(C)C1. The van der Waals surface area contributed by atoms with Gasteiger partial charge in [-0.15, -0.1) is 0 Å². The molecule has 1 aliphatic rings. The number of benzene rings is 1. The van der Waals surface area contributed by atoms with Crippen LogP contribution in [0.5, 0.6) is 0 Å². The Morgan fingerprint density at radius 2 is 2.18 bits per heavy atom. The van der Waals surface area contributed by atoms with Crippen molar-refractivity contribution in [2.45, 2.75) is 25.8 Å². The number of nitrogens with two attached hydrogens (primary N) is 1. The van der Waals surface area contributed by atoms with E-state index in [1.54, 1.807) is 18.2 Å². The van der Waals surface area contributed by atoms with Gasteiger partial charge in [-0.25, -0.2) is 4.79 Å². The summed E-state index contributed by atoms with van der Waals surface area (Å²) in [5.74, 6) is 0.395. The number of methoxy groups -OCH3 is 1. The molecule has 0 unspecified atom stereocenters. The summed E-state index contributed by atoms with van der Waals surface area (Å²) >= 11 is 0. The van der Waals surface area contributed by atoms with E-state index in [1.165, 1.54) is 7.11 Å². The van der Waals surface area contributed by atoms with E-state index < -0.39 is 0 Å². The van der Waals surface area contributed by atoms with Gasteiger partial charge in [0.25, 0.3) is 0 Å². The van der Waals surface area contributed by atoms with Gasteiger partial charge in [0.2, 0.25) is 0 Å². The largest absolute Gasteiger partial charge is 0.465 e. The number of carbonyl (C=O) groups is 1. The molecule has 0 aliphatic heterocycles. The van der Waals surface area contributed by atoms with Crippen molar-refractivity contribution < 1.29 is 9.53 Å². The van der Waals surface area contributed by atoms with Gasteiger partial charge < -0.3 is 15.8 Å². The lowest BCUT2D eigenvalue weighted by Gasteiger charge is -2.34. The molecule has 0 aromatic heterocycles. The predicted molar refractivity (Wildman–Crippen MR) is 68.0 cm³/mol. The van der Waals surface area contributed by atoms with Gasteiger partial charge in [0, 0.05) is 6.04 Å². The van der Waals surface area contributed by atoms with Crippen LogP contribution in [0.4, 0.5) is 11.4 Å². The first-order valence-electron chi connectivity index (χ1n) is 5.85. The van der Waals surface area contributed by atoms with Gasteiger partial charge in [-0.3, -0.25) is 0 Å². The predicted octanol–water partition coefficient (Wildman–Crippen LogP) is 2.27. The Morgan fingerprint density at radius 1 is 1.47 bits per heavy atom. The van der Waals surface area contributed by atoms with Gasteiger partial charge in [0.15, 0.2) is 0 Å². The summed E-state index contributed by atoms with van der Waals surface area (Å²) in [4.78, 5) is 11.6. The third kappa shape index (κ3) is 2.35.